The fourth-order valence-corrected chi connectivity index (χ4v) is 3.87. The number of nitrogens with one attached hydrogen (secondary N) is 1. The molecule has 1 spiro atoms. The summed E-state index contributed by atoms with van der Waals surface area (Å²) in [7, 11) is 0. The van der Waals surface area contributed by atoms with Crippen molar-refractivity contribution in [1.82, 2.24) is 15.1 Å². The van der Waals surface area contributed by atoms with Crippen molar-refractivity contribution in [2.24, 2.45) is 5.41 Å². The van der Waals surface area contributed by atoms with E-state index in [1.807, 2.05) is 16.7 Å². The molecule has 1 N–H and O–H groups in total. The summed E-state index contributed by atoms with van der Waals surface area (Å²) >= 11 is 0. The van der Waals surface area contributed by atoms with Crippen molar-refractivity contribution in [3.05, 3.63) is 35.6 Å². The highest BCUT2D eigenvalue weighted by molar-refractivity contribution is 5.77. The first-order valence-electron chi connectivity index (χ1n) is 9.06. The number of hydrogen-bond donors (Lipinski definition) is 1. The largest absolute Gasteiger partial charge is 0.342 e. The maximum absolute atomic E-state index is 12.9. The SMILES string of the molecule is CCN1CC2(CCC1=O)CCN(C(=O)NCc1ccc(F)cc1)CC2. The third kappa shape index (κ3) is 4.11. The van der Waals surface area contributed by atoms with Gasteiger partial charge in [-0.2, -0.15) is 0 Å². The van der Waals surface area contributed by atoms with Crippen molar-refractivity contribution in [1.29, 1.82) is 0 Å². The number of piperidine rings is 2. The third-order valence-electron chi connectivity index (χ3n) is 5.60. The van der Waals surface area contributed by atoms with Crippen LogP contribution >= 0.6 is 0 Å². The van der Waals surface area contributed by atoms with Crippen molar-refractivity contribution in [2.75, 3.05) is 26.2 Å². The smallest absolute Gasteiger partial charge is 0.317 e. The summed E-state index contributed by atoms with van der Waals surface area (Å²) in [5.74, 6) is -0.0175. The molecule has 3 rings (SSSR count). The minimum Gasteiger partial charge on any atom is -0.342 e. The molecule has 1 aromatic rings. The van der Waals surface area contributed by atoms with Crippen LogP contribution in [0.3, 0.4) is 0 Å². The zero-order valence-corrected chi connectivity index (χ0v) is 14.8. The number of amides is 3. The molecule has 6 heteroatoms. The molecule has 0 unspecified atom stereocenters. The van der Waals surface area contributed by atoms with Gasteiger partial charge in [0.1, 0.15) is 5.82 Å². The van der Waals surface area contributed by atoms with E-state index in [9.17, 15) is 14.0 Å². The number of carbonyl (C=O) groups is 2. The molecular formula is C19H26FN3O2. The third-order valence-corrected chi connectivity index (χ3v) is 5.60. The maximum atomic E-state index is 12.9. The predicted octanol–water partition coefficient (Wildman–Crippen LogP) is 2.76. The van der Waals surface area contributed by atoms with Gasteiger partial charge in [-0.05, 0) is 49.3 Å². The van der Waals surface area contributed by atoms with Crippen molar-refractivity contribution in [2.45, 2.75) is 39.2 Å². The van der Waals surface area contributed by atoms with E-state index in [4.69, 9.17) is 0 Å². The minimum absolute atomic E-state index is 0.0709. The van der Waals surface area contributed by atoms with Crippen LogP contribution in [-0.2, 0) is 11.3 Å². The average molecular weight is 347 g/mol. The fourth-order valence-electron chi connectivity index (χ4n) is 3.87. The summed E-state index contributed by atoms with van der Waals surface area (Å²) in [5.41, 5.74) is 1.06. The lowest BCUT2D eigenvalue weighted by Crippen LogP contribution is -2.53. The fraction of sp³-hybridized carbons (Fsp3) is 0.579. The van der Waals surface area contributed by atoms with Gasteiger partial charge in [0, 0.05) is 39.1 Å². The van der Waals surface area contributed by atoms with Crippen LogP contribution < -0.4 is 5.32 Å². The topological polar surface area (TPSA) is 52.7 Å². The Labute approximate surface area is 148 Å². The lowest BCUT2D eigenvalue weighted by molar-refractivity contribution is -0.138. The molecular weight excluding hydrogens is 321 g/mol. The predicted molar refractivity (Wildman–Crippen MR) is 93.4 cm³/mol. The van der Waals surface area contributed by atoms with Crippen LogP contribution in [-0.4, -0.2) is 47.9 Å². The molecule has 2 saturated heterocycles. The first kappa shape index (κ1) is 17.7. The van der Waals surface area contributed by atoms with E-state index in [-0.39, 0.29) is 23.2 Å². The summed E-state index contributed by atoms with van der Waals surface area (Å²) in [4.78, 5) is 28.1. The Morgan fingerprint density at radius 1 is 1.20 bits per heavy atom. The Hall–Kier alpha value is -2.11. The molecule has 2 aliphatic rings. The van der Waals surface area contributed by atoms with Crippen LogP contribution in [0, 0.1) is 11.2 Å². The van der Waals surface area contributed by atoms with Gasteiger partial charge in [0.15, 0.2) is 0 Å². The second-order valence-electron chi connectivity index (χ2n) is 7.18. The molecule has 0 atom stereocenters. The average Bonchev–Trinajstić information content (AvgIpc) is 2.64. The number of urea groups is 1. The molecule has 1 aromatic carbocycles. The van der Waals surface area contributed by atoms with E-state index in [2.05, 4.69) is 5.32 Å². The zero-order chi connectivity index (χ0) is 17.9. The van der Waals surface area contributed by atoms with Crippen LogP contribution in [0.25, 0.3) is 0 Å². The number of rotatable bonds is 3. The zero-order valence-electron chi connectivity index (χ0n) is 14.8. The Bertz CT molecular complexity index is 624. The van der Waals surface area contributed by atoms with Crippen molar-refractivity contribution in [3.8, 4) is 0 Å². The highest BCUT2D eigenvalue weighted by Crippen LogP contribution is 2.40. The number of nitrogens with zero attached hydrogens (tertiary/aromatic N) is 2. The monoisotopic (exact) mass is 347 g/mol. The van der Waals surface area contributed by atoms with Crippen LogP contribution in [0.1, 0.15) is 38.2 Å². The summed E-state index contributed by atoms with van der Waals surface area (Å²) in [6, 6.07) is 6.09. The maximum Gasteiger partial charge on any atom is 0.317 e. The van der Waals surface area contributed by atoms with Gasteiger partial charge >= 0.3 is 6.03 Å². The molecule has 25 heavy (non-hydrogen) atoms. The number of carbonyl (C=O) groups excluding carboxylic acids is 2. The Balaban J connectivity index is 1.49. The van der Waals surface area contributed by atoms with Gasteiger partial charge in [-0.15, -0.1) is 0 Å². The first-order chi connectivity index (χ1) is 12.0. The van der Waals surface area contributed by atoms with Gasteiger partial charge in [-0.3, -0.25) is 4.79 Å². The Kier molecular flexibility index (Phi) is 5.25. The van der Waals surface area contributed by atoms with Crippen molar-refractivity contribution >= 4 is 11.9 Å². The summed E-state index contributed by atoms with van der Waals surface area (Å²) in [5, 5.41) is 2.91. The first-order valence-corrected chi connectivity index (χ1v) is 9.06. The lowest BCUT2D eigenvalue weighted by atomic mass is 9.72. The van der Waals surface area contributed by atoms with Gasteiger partial charge in [0.05, 0.1) is 0 Å². The molecule has 136 valence electrons. The van der Waals surface area contributed by atoms with E-state index < -0.39 is 0 Å². The molecule has 0 aliphatic carbocycles. The van der Waals surface area contributed by atoms with Crippen molar-refractivity contribution < 1.29 is 14.0 Å². The van der Waals surface area contributed by atoms with Gasteiger partial charge in [0.25, 0.3) is 0 Å². The van der Waals surface area contributed by atoms with E-state index >= 15 is 0 Å². The molecule has 0 aromatic heterocycles. The van der Waals surface area contributed by atoms with Gasteiger partial charge in [0.2, 0.25) is 5.91 Å². The molecule has 0 bridgehead atoms. The van der Waals surface area contributed by atoms with E-state index in [1.54, 1.807) is 12.1 Å². The van der Waals surface area contributed by atoms with Gasteiger partial charge in [-0.1, -0.05) is 12.1 Å². The molecule has 2 heterocycles. The van der Waals surface area contributed by atoms with Crippen LogP contribution in [0.15, 0.2) is 24.3 Å². The highest BCUT2D eigenvalue weighted by atomic mass is 19.1. The van der Waals surface area contributed by atoms with Crippen molar-refractivity contribution in [3.63, 3.8) is 0 Å². The van der Waals surface area contributed by atoms with Crippen LogP contribution in [0.2, 0.25) is 0 Å². The van der Waals surface area contributed by atoms with Crippen LogP contribution in [0.5, 0.6) is 0 Å². The lowest BCUT2D eigenvalue weighted by Gasteiger charge is -2.47. The van der Waals surface area contributed by atoms with E-state index in [1.165, 1.54) is 12.1 Å². The summed E-state index contributed by atoms with van der Waals surface area (Å²) in [6.45, 7) is 5.46. The molecule has 3 amide bonds. The molecule has 0 saturated carbocycles. The Morgan fingerprint density at radius 2 is 1.88 bits per heavy atom. The Morgan fingerprint density at radius 3 is 2.52 bits per heavy atom. The second-order valence-corrected chi connectivity index (χ2v) is 7.18. The number of benzene rings is 1. The van der Waals surface area contributed by atoms with E-state index in [0.717, 1.165) is 51.0 Å². The molecule has 2 fully saturated rings. The number of halogens is 1. The van der Waals surface area contributed by atoms with Gasteiger partial charge < -0.3 is 15.1 Å². The van der Waals surface area contributed by atoms with Gasteiger partial charge in [-0.25, -0.2) is 9.18 Å². The second kappa shape index (κ2) is 7.42. The normalized spacial score (nSPS) is 20.0. The van der Waals surface area contributed by atoms with E-state index in [0.29, 0.717) is 13.0 Å². The minimum atomic E-state index is -0.275. The molecule has 0 radical (unpaired) electrons. The summed E-state index contributed by atoms with van der Waals surface area (Å²) in [6.07, 6.45) is 3.46. The quantitative estimate of drug-likeness (QED) is 0.914. The molecule has 2 aliphatic heterocycles. The summed E-state index contributed by atoms with van der Waals surface area (Å²) < 4.78 is 12.9. The highest BCUT2D eigenvalue weighted by Gasteiger charge is 2.41. The number of hydrogen-bond acceptors (Lipinski definition) is 2. The molecule has 5 nitrogen and oxygen atoms in total. The van der Waals surface area contributed by atoms with Crippen LogP contribution in [0.4, 0.5) is 9.18 Å². The number of likely N-dealkylation sites (tertiary alicyclic amines) is 2. The standard InChI is InChI=1S/C19H26FN3O2/c1-2-22-14-19(8-7-17(22)24)9-11-23(12-10-19)18(25)21-13-15-3-5-16(20)6-4-15/h3-6H,2,7-14H2,1H3,(H,21,25).